The predicted octanol–water partition coefficient (Wildman–Crippen LogP) is 4.17. The third-order valence-corrected chi connectivity index (χ3v) is 5.27. The maximum absolute atomic E-state index is 13.2. The van der Waals surface area contributed by atoms with Crippen molar-refractivity contribution < 1.29 is 13.9 Å². The molecule has 152 valence electrons. The van der Waals surface area contributed by atoms with E-state index in [0.717, 1.165) is 42.6 Å². The van der Waals surface area contributed by atoms with Gasteiger partial charge in [-0.2, -0.15) is 0 Å². The van der Waals surface area contributed by atoms with Crippen LogP contribution in [0.4, 0.5) is 4.39 Å². The first kappa shape index (κ1) is 22.2. The van der Waals surface area contributed by atoms with Crippen LogP contribution in [0, 0.1) is 11.7 Å². The summed E-state index contributed by atoms with van der Waals surface area (Å²) in [6.45, 7) is 0. The lowest BCUT2D eigenvalue weighted by atomic mass is 9.85. The number of ether oxygens (including phenoxy) is 1. The van der Waals surface area contributed by atoms with Crippen LogP contribution in [0.25, 0.3) is 0 Å². The van der Waals surface area contributed by atoms with Crippen molar-refractivity contribution >= 4 is 18.3 Å². The number of benzene rings is 2. The molecule has 2 aromatic carbocycles. The Kier molecular flexibility index (Phi) is 8.27. The van der Waals surface area contributed by atoms with Crippen LogP contribution in [0.5, 0.6) is 5.75 Å². The predicted molar refractivity (Wildman–Crippen MR) is 111 cm³/mol. The van der Waals surface area contributed by atoms with Crippen molar-refractivity contribution in [2.75, 3.05) is 7.11 Å². The van der Waals surface area contributed by atoms with E-state index in [-0.39, 0.29) is 42.1 Å². The van der Waals surface area contributed by atoms with Gasteiger partial charge in [0.15, 0.2) is 0 Å². The summed E-state index contributed by atoms with van der Waals surface area (Å²) >= 11 is 0. The molecule has 28 heavy (non-hydrogen) atoms. The lowest BCUT2D eigenvalue weighted by molar-refractivity contribution is -0.126. The molecule has 3 atom stereocenters. The number of carbonyl (C=O) groups is 1. The van der Waals surface area contributed by atoms with E-state index in [2.05, 4.69) is 5.32 Å². The van der Waals surface area contributed by atoms with Crippen molar-refractivity contribution in [3.63, 3.8) is 0 Å². The number of carbonyl (C=O) groups excluding carboxylic acids is 1. The highest BCUT2D eigenvalue weighted by molar-refractivity contribution is 5.85. The van der Waals surface area contributed by atoms with Gasteiger partial charge >= 0.3 is 0 Å². The number of rotatable bonds is 6. The average molecular weight is 407 g/mol. The van der Waals surface area contributed by atoms with Crippen LogP contribution in [0.1, 0.15) is 42.9 Å². The summed E-state index contributed by atoms with van der Waals surface area (Å²) in [5.74, 6) is 0.514. The summed E-state index contributed by atoms with van der Waals surface area (Å²) in [6.07, 6.45) is 4.19. The highest BCUT2D eigenvalue weighted by Gasteiger charge is 2.27. The summed E-state index contributed by atoms with van der Waals surface area (Å²) in [5.41, 5.74) is 8.01. The third kappa shape index (κ3) is 5.94. The number of hydrogen-bond donors (Lipinski definition) is 2. The van der Waals surface area contributed by atoms with Crippen molar-refractivity contribution in [3.8, 4) is 5.75 Å². The van der Waals surface area contributed by atoms with Crippen LogP contribution in [0.3, 0.4) is 0 Å². The number of nitrogens with two attached hydrogens (primary N) is 1. The smallest absolute Gasteiger partial charge is 0.223 e. The second kappa shape index (κ2) is 10.4. The molecular formula is C22H28ClFN2O2. The van der Waals surface area contributed by atoms with Crippen LogP contribution in [-0.4, -0.2) is 19.1 Å². The quantitative estimate of drug-likeness (QED) is 0.756. The molecular weight excluding hydrogens is 379 g/mol. The molecule has 6 heteroatoms. The molecule has 0 saturated heterocycles. The number of halogens is 2. The van der Waals surface area contributed by atoms with Crippen molar-refractivity contribution in [2.24, 2.45) is 11.7 Å². The zero-order valence-corrected chi connectivity index (χ0v) is 16.9. The van der Waals surface area contributed by atoms with Gasteiger partial charge in [-0.25, -0.2) is 4.39 Å². The van der Waals surface area contributed by atoms with Gasteiger partial charge in [-0.3, -0.25) is 4.79 Å². The zero-order valence-electron chi connectivity index (χ0n) is 16.1. The number of methoxy groups -OCH3 is 1. The van der Waals surface area contributed by atoms with Gasteiger partial charge in [0.2, 0.25) is 5.91 Å². The second-order valence-corrected chi connectivity index (χ2v) is 7.29. The van der Waals surface area contributed by atoms with E-state index in [1.54, 1.807) is 19.2 Å². The summed E-state index contributed by atoms with van der Waals surface area (Å²) in [6, 6.07) is 14.0. The SMILES string of the molecule is COc1ccc(C(Cc2ccc(F)cc2)NC(=O)C2CCCC(N)C2)cc1.Cl. The Morgan fingerprint density at radius 1 is 1.18 bits per heavy atom. The molecule has 1 amide bonds. The average Bonchev–Trinajstić information content (AvgIpc) is 2.69. The second-order valence-electron chi connectivity index (χ2n) is 7.29. The molecule has 0 heterocycles. The minimum absolute atomic E-state index is 0. The van der Waals surface area contributed by atoms with Crippen molar-refractivity contribution in [3.05, 3.63) is 65.5 Å². The van der Waals surface area contributed by atoms with Gasteiger partial charge in [-0.1, -0.05) is 30.7 Å². The lowest BCUT2D eigenvalue weighted by Crippen LogP contribution is -2.39. The minimum atomic E-state index is -0.264. The maximum atomic E-state index is 13.2. The molecule has 0 spiro atoms. The zero-order chi connectivity index (χ0) is 19.2. The molecule has 2 aromatic rings. The van der Waals surface area contributed by atoms with Gasteiger partial charge in [0, 0.05) is 12.0 Å². The topological polar surface area (TPSA) is 64.3 Å². The maximum Gasteiger partial charge on any atom is 0.223 e. The summed E-state index contributed by atoms with van der Waals surface area (Å²) in [7, 11) is 1.62. The highest BCUT2D eigenvalue weighted by atomic mass is 35.5. The van der Waals surface area contributed by atoms with Crippen molar-refractivity contribution in [1.29, 1.82) is 0 Å². The van der Waals surface area contributed by atoms with E-state index in [1.165, 1.54) is 12.1 Å². The Bertz CT molecular complexity index is 752. The third-order valence-electron chi connectivity index (χ3n) is 5.27. The first-order valence-electron chi connectivity index (χ1n) is 9.49. The molecule has 1 fully saturated rings. The van der Waals surface area contributed by atoms with Crippen LogP contribution in [-0.2, 0) is 11.2 Å². The fourth-order valence-corrected chi connectivity index (χ4v) is 3.70. The molecule has 3 unspecified atom stereocenters. The van der Waals surface area contributed by atoms with Crippen molar-refractivity contribution in [1.82, 2.24) is 5.32 Å². The Labute approximate surface area is 172 Å². The Balaban J connectivity index is 0.00000280. The molecule has 4 nitrogen and oxygen atoms in total. The number of nitrogens with one attached hydrogen (secondary N) is 1. The molecule has 0 radical (unpaired) electrons. The van der Waals surface area contributed by atoms with E-state index in [9.17, 15) is 9.18 Å². The lowest BCUT2D eigenvalue weighted by Gasteiger charge is -2.28. The van der Waals surface area contributed by atoms with Gasteiger partial charge in [-0.05, 0) is 61.1 Å². The molecule has 1 aliphatic carbocycles. The summed E-state index contributed by atoms with van der Waals surface area (Å²) in [5, 5.41) is 3.20. The fraction of sp³-hybridized carbons (Fsp3) is 0.409. The number of amides is 1. The Hall–Kier alpha value is -2.11. The first-order valence-corrected chi connectivity index (χ1v) is 9.49. The van der Waals surface area contributed by atoms with Crippen LogP contribution in [0.15, 0.2) is 48.5 Å². The normalized spacial score (nSPS) is 20.0. The van der Waals surface area contributed by atoms with Crippen molar-refractivity contribution in [2.45, 2.75) is 44.2 Å². The van der Waals surface area contributed by atoms with Gasteiger partial charge in [0.1, 0.15) is 11.6 Å². The fourth-order valence-electron chi connectivity index (χ4n) is 3.70. The van der Waals surface area contributed by atoms with Gasteiger partial charge < -0.3 is 15.8 Å². The highest BCUT2D eigenvalue weighted by Crippen LogP contribution is 2.26. The van der Waals surface area contributed by atoms with Gasteiger partial charge in [0.05, 0.1) is 13.2 Å². The minimum Gasteiger partial charge on any atom is -0.497 e. The van der Waals surface area contributed by atoms with E-state index >= 15 is 0 Å². The van der Waals surface area contributed by atoms with E-state index in [0.29, 0.717) is 6.42 Å². The van der Waals surface area contributed by atoms with Crippen LogP contribution >= 0.6 is 12.4 Å². The summed E-state index contributed by atoms with van der Waals surface area (Å²) in [4.78, 5) is 12.8. The molecule has 1 aliphatic rings. The Morgan fingerprint density at radius 2 is 1.86 bits per heavy atom. The molecule has 0 aliphatic heterocycles. The standard InChI is InChI=1S/C22H27FN2O2.ClH/c1-27-20-11-7-16(8-12-20)21(13-15-5-9-18(23)10-6-15)25-22(26)17-3-2-4-19(24)14-17;/h5-12,17,19,21H,2-4,13-14,24H2,1H3,(H,25,26);1H. The van der Waals surface area contributed by atoms with Crippen LogP contribution in [0.2, 0.25) is 0 Å². The monoisotopic (exact) mass is 406 g/mol. The van der Waals surface area contributed by atoms with E-state index in [4.69, 9.17) is 10.5 Å². The van der Waals surface area contributed by atoms with Crippen LogP contribution < -0.4 is 15.8 Å². The molecule has 0 aromatic heterocycles. The molecule has 0 bridgehead atoms. The van der Waals surface area contributed by atoms with E-state index in [1.807, 2.05) is 24.3 Å². The van der Waals surface area contributed by atoms with Gasteiger partial charge in [0.25, 0.3) is 0 Å². The van der Waals surface area contributed by atoms with Gasteiger partial charge in [-0.15, -0.1) is 12.4 Å². The number of hydrogen-bond acceptors (Lipinski definition) is 3. The summed E-state index contributed by atoms with van der Waals surface area (Å²) < 4.78 is 18.5. The molecule has 3 N–H and O–H groups in total. The molecule has 3 rings (SSSR count). The molecule has 1 saturated carbocycles. The Morgan fingerprint density at radius 3 is 2.46 bits per heavy atom. The van der Waals surface area contributed by atoms with E-state index < -0.39 is 0 Å². The largest absolute Gasteiger partial charge is 0.497 e. The first-order chi connectivity index (χ1) is 13.0.